The largest absolute Gasteiger partial charge is 0.334 e. The second-order valence-electron chi connectivity index (χ2n) is 6.16. The van der Waals surface area contributed by atoms with Gasteiger partial charge in [-0.25, -0.2) is 9.78 Å². The van der Waals surface area contributed by atoms with Crippen molar-refractivity contribution in [2.24, 2.45) is 0 Å². The molecule has 134 valence electrons. The van der Waals surface area contributed by atoms with Crippen molar-refractivity contribution in [2.45, 2.75) is 19.6 Å². The van der Waals surface area contributed by atoms with Crippen LogP contribution in [0.25, 0.3) is 0 Å². The number of imidazole rings is 1. The molecule has 0 aliphatic rings. The van der Waals surface area contributed by atoms with E-state index in [0.29, 0.717) is 18.1 Å². The van der Waals surface area contributed by atoms with E-state index in [1.807, 2.05) is 47.2 Å². The van der Waals surface area contributed by atoms with Crippen LogP contribution in [0.15, 0.2) is 67.3 Å². The topological polar surface area (TPSA) is 50.2 Å². The van der Waals surface area contributed by atoms with Crippen LogP contribution >= 0.6 is 11.6 Å². The molecule has 1 heterocycles. The SMILES string of the molecule is CN(Cc1ccccc1Cl)C(=O)NCc1ccc(Cn2ccnc2)cc1. The van der Waals surface area contributed by atoms with Gasteiger partial charge in [0.1, 0.15) is 0 Å². The molecule has 0 atom stereocenters. The molecule has 1 N–H and O–H groups in total. The summed E-state index contributed by atoms with van der Waals surface area (Å²) in [5.74, 6) is 0. The van der Waals surface area contributed by atoms with Crippen molar-refractivity contribution in [1.29, 1.82) is 0 Å². The van der Waals surface area contributed by atoms with Crippen molar-refractivity contribution in [1.82, 2.24) is 19.8 Å². The normalized spacial score (nSPS) is 10.5. The zero-order valence-electron chi connectivity index (χ0n) is 14.6. The summed E-state index contributed by atoms with van der Waals surface area (Å²) in [5, 5.41) is 3.60. The highest BCUT2D eigenvalue weighted by molar-refractivity contribution is 6.31. The van der Waals surface area contributed by atoms with Crippen LogP contribution in [-0.2, 0) is 19.6 Å². The third-order valence-electron chi connectivity index (χ3n) is 4.10. The Morgan fingerprint density at radius 1 is 1.15 bits per heavy atom. The van der Waals surface area contributed by atoms with Gasteiger partial charge in [-0.05, 0) is 22.8 Å². The summed E-state index contributed by atoms with van der Waals surface area (Å²) >= 11 is 6.15. The van der Waals surface area contributed by atoms with E-state index in [2.05, 4.69) is 22.4 Å². The maximum atomic E-state index is 12.3. The molecule has 0 fully saturated rings. The van der Waals surface area contributed by atoms with E-state index in [1.54, 1.807) is 24.5 Å². The summed E-state index contributed by atoms with van der Waals surface area (Å²) in [6, 6.07) is 15.6. The van der Waals surface area contributed by atoms with Crippen LogP contribution in [0.1, 0.15) is 16.7 Å². The van der Waals surface area contributed by atoms with Gasteiger partial charge in [-0.15, -0.1) is 0 Å². The van der Waals surface area contributed by atoms with Crippen LogP contribution in [0.4, 0.5) is 4.79 Å². The van der Waals surface area contributed by atoms with Crippen LogP contribution in [0.2, 0.25) is 5.02 Å². The van der Waals surface area contributed by atoms with Gasteiger partial charge in [0.25, 0.3) is 0 Å². The average Bonchev–Trinajstić information content (AvgIpc) is 3.16. The number of halogens is 1. The summed E-state index contributed by atoms with van der Waals surface area (Å²) in [6.07, 6.45) is 5.49. The zero-order chi connectivity index (χ0) is 18.4. The maximum absolute atomic E-state index is 12.3. The molecule has 0 saturated heterocycles. The summed E-state index contributed by atoms with van der Waals surface area (Å²) in [6.45, 7) is 1.74. The number of benzene rings is 2. The molecule has 3 rings (SSSR count). The molecule has 5 nitrogen and oxygen atoms in total. The zero-order valence-corrected chi connectivity index (χ0v) is 15.4. The lowest BCUT2D eigenvalue weighted by Crippen LogP contribution is -2.36. The highest BCUT2D eigenvalue weighted by Gasteiger charge is 2.10. The molecule has 0 bridgehead atoms. The standard InChI is InChI=1S/C20H21ClN4O/c1-24(14-18-4-2-3-5-19(18)21)20(26)23-12-16-6-8-17(9-7-16)13-25-11-10-22-15-25/h2-11,15H,12-14H2,1H3,(H,23,26). The van der Waals surface area contributed by atoms with Crippen molar-refractivity contribution >= 4 is 17.6 Å². The van der Waals surface area contributed by atoms with Gasteiger partial charge in [0, 0.05) is 44.1 Å². The molecule has 0 aliphatic heterocycles. The van der Waals surface area contributed by atoms with E-state index in [0.717, 1.165) is 17.7 Å². The molecule has 1 aromatic heterocycles. The first-order valence-corrected chi connectivity index (χ1v) is 8.75. The first kappa shape index (κ1) is 18.0. The van der Waals surface area contributed by atoms with E-state index in [4.69, 9.17) is 11.6 Å². The monoisotopic (exact) mass is 368 g/mol. The first-order chi connectivity index (χ1) is 12.6. The predicted molar refractivity (Wildman–Crippen MR) is 103 cm³/mol. The fraction of sp³-hybridized carbons (Fsp3) is 0.200. The molecule has 2 aromatic carbocycles. The Bertz CT molecular complexity index is 847. The Balaban J connectivity index is 1.50. The van der Waals surface area contributed by atoms with Gasteiger partial charge in [-0.1, -0.05) is 54.1 Å². The maximum Gasteiger partial charge on any atom is 0.317 e. The quantitative estimate of drug-likeness (QED) is 0.716. The van der Waals surface area contributed by atoms with Gasteiger partial charge < -0.3 is 14.8 Å². The second-order valence-corrected chi connectivity index (χ2v) is 6.56. The molecule has 0 aliphatic carbocycles. The van der Waals surface area contributed by atoms with Crippen molar-refractivity contribution in [3.05, 3.63) is 89.0 Å². The Morgan fingerprint density at radius 3 is 2.58 bits per heavy atom. The fourth-order valence-electron chi connectivity index (χ4n) is 2.62. The number of hydrogen-bond acceptors (Lipinski definition) is 2. The molecular formula is C20H21ClN4O. The minimum Gasteiger partial charge on any atom is -0.334 e. The average molecular weight is 369 g/mol. The van der Waals surface area contributed by atoms with E-state index in [9.17, 15) is 4.79 Å². The molecule has 26 heavy (non-hydrogen) atoms. The lowest BCUT2D eigenvalue weighted by molar-refractivity contribution is 0.206. The number of carbonyl (C=O) groups excluding carboxylic acids is 1. The number of nitrogens with zero attached hydrogens (tertiary/aromatic N) is 3. The van der Waals surface area contributed by atoms with Gasteiger partial charge in [-0.2, -0.15) is 0 Å². The van der Waals surface area contributed by atoms with Gasteiger partial charge in [0.15, 0.2) is 0 Å². The highest BCUT2D eigenvalue weighted by Crippen LogP contribution is 2.16. The third-order valence-corrected chi connectivity index (χ3v) is 4.47. The number of nitrogens with one attached hydrogen (secondary N) is 1. The smallest absolute Gasteiger partial charge is 0.317 e. The van der Waals surface area contributed by atoms with Gasteiger partial charge in [-0.3, -0.25) is 0 Å². The Morgan fingerprint density at radius 2 is 1.88 bits per heavy atom. The second kappa shape index (κ2) is 8.54. The first-order valence-electron chi connectivity index (χ1n) is 8.38. The van der Waals surface area contributed by atoms with Gasteiger partial charge in [0.2, 0.25) is 0 Å². The number of aromatic nitrogens is 2. The summed E-state index contributed by atoms with van der Waals surface area (Å²) in [4.78, 5) is 17.9. The van der Waals surface area contributed by atoms with Crippen LogP contribution in [0.3, 0.4) is 0 Å². The van der Waals surface area contributed by atoms with Crippen LogP contribution in [0, 0.1) is 0 Å². The fourth-order valence-corrected chi connectivity index (χ4v) is 2.82. The molecule has 2 amide bonds. The van der Waals surface area contributed by atoms with Crippen molar-refractivity contribution < 1.29 is 4.79 Å². The van der Waals surface area contributed by atoms with E-state index in [1.165, 1.54) is 5.56 Å². The predicted octanol–water partition coefficient (Wildman–Crippen LogP) is 3.93. The molecule has 0 unspecified atom stereocenters. The minimum absolute atomic E-state index is 0.132. The summed E-state index contributed by atoms with van der Waals surface area (Å²) in [5.41, 5.74) is 3.17. The lowest BCUT2D eigenvalue weighted by atomic mass is 10.1. The molecule has 6 heteroatoms. The van der Waals surface area contributed by atoms with Crippen LogP contribution in [0.5, 0.6) is 0 Å². The third kappa shape index (κ3) is 4.86. The number of carbonyl (C=O) groups is 1. The Kier molecular flexibility index (Phi) is 5.92. The highest BCUT2D eigenvalue weighted by atomic mass is 35.5. The number of hydrogen-bond donors (Lipinski definition) is 1. The van der Waals surface area contributed by atoms with Crippen LogP contribution in [-0.4, -0.2) is 27.5 Å². The Hall–Kier alpha value is -2.79. The van der Waals surface area contributed by atoms with Crippen molar-refractivity contribution in [3.63, 3.8) is 0 Å². The number of amides is 2. The molecule has 0 saturated carbocycles. The summed E-state index contributed by atoms with van der Waals surface area (Å²) < 4.78 is 2.01. The number of rotatable bonds is 6. The van der Waals surface area contributed by atoms with Crippen LogP contribution < -0.4 is 5.32 Å². The summed E-state index contributed by atoms with van der Waals surface area (Å²) in [7, 11) is 1.76. The van der Waals surface area contributed by atoms with E-state index in [-0.39, 0.29) is 6.03 Å². The lowest BCUT2D eigenvalue weighted by Gasteiger charge is -2.19. The van der Waals surface area contributed by atoms with Crippen molar-refractivity contribution in [3.8, 4) is 0 Å². The van der Waals surface area contributed by atoms with E-state index >= 15 is 0 Å². The molecular weight excluding hydrogens is 348 g/mol. The number of urea groups is 1. The Labute approximate surface area is 158 Å². The molecule has 0 radical (unpaired) electrons. The van der Waals surface area contributed by atoms with E-state index < -0.39 is 0 Å². The molecule has 3 aromatic rings. The van der Waals surface area contributed by atoms with Gasteiger partial charge >= 0.3 is 6.03 Å². The minimum atomic E-state index is -0.132. The van der Waals surface area contributed by atoms with Gasteiger partial charge in [0.05, 0.1) is 6.33 Å². The van der Waals surface area contributed by atoms with Crippen molar-refractivity contribution in [2.75, 3.05) is 7.05 Å². The molecule has 0 spiro atoms.